The fourth-order valence-corrected chi connectivity index (χ4v) is 2.84. The molecule has 0 saturated heterocycles. The number of carbonyl (C=O) groups excluding carboxylic acids is 2. The Labute approximate surface area is 159 Å². The molecule has 0 radical (unpaired) electrons. The van der Waals surface area contributed by atoms with Crippen molar-refractivity contribution in [1.82, 2.24) is 5.32 Å². The standard InChI is InChI=1S/C23H22N2O2/c1-17-9-8-14-20(15-17)24-23(27)21(16-18-10-4-2-5-11-18)25-22(26)19-12-6-3-7-13-19/h2-15,21H,16H2,1H3,(H,24,27)(H,25,26)/t21-/m1/s1. The quantitative estimate of drug-likeness (QED) is 0.700. The minimum absolute atomic E-state index is 0.242. The van der Waals surface area contributed by atoms with Gasteiger partial charge in [-0.3, -0.25) is 9.59 Å². The van der Waals surface area contributed by atoms with Crippen molar-refractivity contribution in [3.05, 3.63) is 102 Å². The first-order chi connectivity index (χ1) is 13.1. The number of hydrogen-bond donors (Lipinski definition) is 2. The smallest absolute Gasteiger partial charge is 0.251 e. The van der Waals surface area contributed by atoms with E-state index in [4.69, 9.17) is 0 Å². The van der Waals surface area contributed by atoms with Crippen molar-refractivity contribution in [3.63, 3.8) is 0 Å². The molecule has 3 rings (SSSR count). The zero-order valence-electron chi connectivity index (χ0n) is 15.2. The van der Waals surface area contributed by atoms with Gasteiger partial charge in [0, 0.05) is 17.7 Å². The molecule has 2 N–H and O–H groups in total. The Balaban J connectivity index is 1.78. The molecule has 0 heterocycles. The second-order valence-corrected chi connectivity index (χ2v) is 6.44. The molecule has 0 aliphatic heterocycles. The lowest BCUT2D eigenvalue weighted by molar-refractivity contribution is -0.118. The zero-order chi connectivity index (χ0) is 19.1. The van der Waals surface area contributed by atoms with Crippen molar-refractivity contribution in [1.29, 1.82) is 0 Å². The van der Waals surface area contributed by atoms with E-state index in [0.717, 1.165) is 11.1 Å². The summed E-state index contributed by atoms with van der Waals surface area (Å²) in [4.78, 5) is 25.4. The molecule has 1 atom stereocenters. The van der Waals surface area contributed by atoms with E-state index in [9.17, 15) is 9.59 Å². The van der Waals surface area contributed by atoms with Crippen LogP contribution in [0.3, 0.4) is 0 Å². The van der Waals surface area contributed by atoms with Crippen LogP contribution in [0.1, 0.15) is 21.5 Å². The minimum atomic E-state index is -0.680. The molecule has 3 aromatic carbocycles. The Morgan fingerprint density at radius 3 is 2.19 bits per heavy atom. The number of anilines is 1. The van der Waals surface area contributed by atoms with Crippen LogP contribution in [0.15, 0.2) is 84.9 Å². The maximum absolute atomic E-state index is 12.9. The molecule has 136 valence electrons. The molecule has 0 saturated carbocycles. The monoisotopic (exact) mass is 358 g/mol. The SMILES string of the molecule is Cc1cccc(NC(=O)[C@@H](Cc2ccccc2)NC(=O)c2ccccc2)c1. The van der Waals surface area contributed by atoms with E-state index in [1.54, 1.807) is 24.3 Å². The first kappa shape index (κ1) is 18.4. The average molecular weight is 358 g/mol. The van der Waals surface area contributed by atoms with E-state index in [2.05, 4.69) is 10.6 Å². The Bertz CT molecular complexity index is 908. The van der Waals surface area contributed by atoms with Crippen molar-refractivity contribution < 1.29 is 9.59 Å². The number of aryl methyl sites for hydroxylation is 1. The van der Waals surface area contributed by atoms with Gasteiger partial charge in [-0.15, -0.1) is 0 Å². The second kappa shape index (κ2) is 8.81. The van der Waals surface area contributed by atoms with Gasteiger partial charge in [0.05, 0.1) is 0 Å². The van der Waals surface area contributed by atoms with Crippen LogP contribution in [0.5, 0.6) is 0 Å². The van der Waals surface area contributed by atoms with Crippen LogP contribution in [0.25, 0.3) is 0 Å². The lowest BCUT2D eigenvalue weighted by Crippen LogP contribution is -2.45. The Kier molecular flexibility index (Phi) is 6.00. The van der Waals surface area contributed by atoms with E-state index < -0.39 is 6.04 Å². The van der Waals surface area contributed by atoms with Crippen molar-refractivity contribution in [2.75, 3.05) is 5.32 Å². The molecule has 0 unspecified atom stereocenters. The summed E-state index contributed by atoms with van der Waals surface area (Å²) < 4.78 is 0. The first-order valence-corrected chi connectivity index (χ1v) is 8.89. The highest BCUT2D eigenvalue weighted by atomic mass is 16.2. The highest BCUT2D eigenvalue weighted by molar-refractivity contribution is 6.01. The molecule has 4 nitrogen and oxygen atoms in total. The van der Waals surface area contributed by atoms with Gasteiger partial charge in [0.2, 0.25) is 5.91 Å². The number of benzene rings is 3. The van der Waals surface area contributed by atoms with Gasteiger partial charge in [-0.2, -0.15) is 0 Å². The molecule has 0 fully saturated rings. The number of rotatable bonds is 6. The van der Waals surface area contributed by atoms with Gasteiger partial charge in [0.1, 0.15) is 6.04 Å². The molecule has 27 heavy (non-hydrogen) atoms. The summed E-state index contributed by atoms with van der Waals surface area (Å²) in [6.45, 7) is 1.97. The molecule has 0 aromatic heterocycles. The van der Waals surface area contributed by atoms with Crippen molar-refractivity contribution >= 4 is 17.5 Å². The largest absolute Gasteiger partial charge is 0.340 e. The lowest BCUT2D eigenvalue weighted by atomic mass is 10.0. The molecule has 0 spiro atoms. The maximum atomic E-state index is 12.9. The Hall–Kier alpha value is -3.40. The fraction of sp³-hybridized carbons (Fsp3) is 0.130. The van der Waals surface area contributed by atoms with Gasteiger partial charge < -0.3 is 10.6 Å². The van der Waals surface area contributed by atoms with Crippen LogP contribution in [-0.2, 0) is 11.2 Å². The van der Waals surface area contributed by atoms with E-state index in [1.165, 1.54) is 0 Å². The third-order valence-electron chi connectivity index (χ3n) is 4.23. The van der Waals surface area contributed by atoms with Crippen molar-refractivity contribution in [2.45, 2.75) is 19.4 Å². The van der Waals surface area contributed by atoms with Gasteiger partial charge in [0.25, 0.3) is 5.91 Å². The molecule has 0 aliphatic carbocycles. The van der Waals surface area contributed by atoms with E-state index in [-0.39, 0.29) is 11.8 Å². The molecular formula is C23H22N2O2. The number of amides is 2. The number of carbonyl (C=O) groups is 2. The summed E-state index contributed by atoms with van der Waals surface area (Å²) >= 11 is 0. The van der Waals surface area contributed by atoms with Crippen molar-refractivity contribution in [2.24, 2.45) is 0 Å². The zero-order valence-corrected chi connectivity index (χ0v) is 15.2. The van der Waals surface area contributed by atoms with Crippen LogP contribution < -0.4 is 10.6 Å². The molecule has 4 heteroatoms. The summed E-state index contributed by atoms with van der Waals surface area (Å²) in [5, 5.41) is 5.77. The second-order valence-electron chi connectivity index (χ2n) is 6.44. The maximum Gasteiger partial charge on any atom is 0.251 e. The van der Waals surface area contributed by atoms with Crippen LogP contribution >= 0.6 is 0 Å². The van der Waals surface area contributed by atoms with Crippen LogP contribution in [0.4, 0.5) is 5.69 Å². The summed E-state index contributed by atoms with van der Waals surface area (Å²) in [5.41, 5.74) is 3.28. The van der Waals surface area contributed by atoms with Crippen molar-refractivity contribution in [3.8, 4) is 0 Å². The highest BCUT2D eigenvalue weighted by Crippen LogP contribution is 2.12. The summed E-state index contributed by atoms with van der Waals surface area (Å²) in [5.74, 6) is -0.510. The van der Waals surface area contributed by atoms with Gasteiger partial charge >= 0.3 is 0 Å². The van der Waals surface area contributed by atoms with Gasteiger partial charge in [-0.1, -0.05) is 60.7 Å². The number of hydrogen-bond acceptors (Lipinski definition) is 2. The third-order valence-corrected chi connectivity index (χ3v) is 4.23. The average Bonchev–Trinajstić information content (AvgIpc) is 2.69. The van der Waals surface area contributed by atoms with E-state index >= 15 is 0 Å². The van der Waals surface area contributed by atoms with Crippen LogP contribution in [0.2, 0.25) is 0 Å². The van der Waals surface area contributed by atoms with E-state index in [1.807, 2.05) is 67.6 Å². The summed E-state index contributed by atoms with van der Waals surface area (Å²) in [6.07, 6.45) is 0.414. The predicted molar refractivity (Wildman–Crippen MR) is 108 cm³/mol. The summed E-state index contributed by atoms with van der Waals surface area (Å²) in [6, 6.07) is 25.5. The minimum Gasteiger partial charge on any atom is -0.340 e. The number of nitrogens with one attached hydrogen (secondary N) is 2. The predicted octanol–water partition coefficient (Wildman–Crippen LogP) is 3.97. The molecule has 0 bridgehead atoms. The van der Waals surface area contributed by atoms with Crippen LogP contribution in [-0.4, -0.2) is 17.9 Å². The normalized spacial score (nSPS) is 11.4. The topological polar surface area (TPSA) is 58.2 Å². The Morgan fingerprint density at radius 2 is 1.52 bits per heavy atom. The van der Waals surface area contributed by atoms with Gasteiger partial charge in [-0.25, -0.2) is 0 Å². The highest BCUT2D eigenvalue weighted by Gasteiger charge is 2.22. The third kappa shape index (κ3) is 5.28. The van der Waals surface area contributed by atoms with Gasteiger partial charge in [0.15, 0.2) is 0 Å². The fourth-order valence-electron chi connectivity index (χ4n) is 2.84. The molecule has 2 amide bonds. The first-order valence-electron chi connectivity index (χ1n) is 8.89. The van der Waals surface area contributed by atoms with Crippen LogP contribution in [0, 0.1) is 6.92 Å². The van der Waals surface area contributed by atoms with E-state index in [0.29, 0.717) is 17.7 Å². The lowest BCUT2D eigenvalue weighted by Gasteiger charge is -2.19. The molecule has 0 aliphatic rings. The Morgan fingerprint density at radius 1 is 0.852 bits per heavy atom. The molecular weight excluding hydrogens is 336 g/mol. The summed E-state index contributed by atoms with van der Waals surface area (Å²) in [7, 11) is 0. The van der Waals surface area contributed by atoms with Gasteiger partial charge in [-0.05, 0) is 42.3 Å². The molecule has 3 aromatic rings.